The first-order valence-corrected chi connectivity index (χ1v) is 11.0. The fourth-order valence-electron chi connectivity index (χ4n) is 3.73. The Bertz CT molecular complexity index is 1460. The van der Waals surface area contributed by atoms with Gasteiger partial charge in [-0.2, -0.15) is 0 Å². The first-order valence-electron chi connectivity index (χ1n) is 11.0. The second-order valence-electron chi connectivity index (χ2n) is 7.95. The molecule has 0 aliphatic carbocycles. The van der Waals surface area contributed by atoms with Crippen molar-refractivity contribution < 1.29 is 13.9 Å². The van der Waals surface area contributed by atoms with Crippen LogP contribution in [0.15, 0.2) is 85.2 Å². The molecule has 0 fully saturated rings. The Morgan fingerprint density at radius 2 is 1.66 bits per heavy atom. The molecule has 35 heavy (non-hydrogen) atoms. The summed E-state index contributed by atoms with van der Waals surface area (Å²) in [5.41, 5.74) is 4.91. The van der Waals surface area contributed by atoms with Crippen molar-refractivity contribution in [3.8, 4) is 17.0 Å². The molecule has 174 valence electrons. The van der Waals surface area contributed by atoms with Gasteiger partial charge in [0, 0.05) is 17.1 Å². The summed E-state index contributed by atoms with van der Waals surface area (Å²) in [5, 5.41) is 6.96. The molecule has 0 unspecified atom stereocenters. The van der Waals surface area contributed by atoms with Gasteiger partial charge in [-0.1, -0.05) is 12.1 Å². The van der Waals surface area contributed by atoms with E-state index in [9.17, 15) is 9.18 Å². The van der Waals surface area contributed by atoms with Gasteiger partial charge in [0.15, 0.2) is 0 Å². The lowest BCUT2D eigenvalue weighted by molar-refractivity contribution is -0.115. The number of anilines is 3. The minimum atomic E-state index is -0.344. The number of fused-ring (bicyclic) bond motifs is 1. The summed E-state index contributed by atoms with van der Waals surface area (Å²) in [6.07, 6.45) is 1.71. The van der Waals surface area contributed by atoms with E-state index < -0.39 is 0 Å². The highest BCUT2D eigenvalue weighted by molar-refractivity contribution is 5.93. The molecule has 0 bridgehead atoms. The standard InChI is InChI=1S/C27H22FN5O2/c1-35-22-12-4-18(5-13-22)24-15-23-26(29-16-30-27(23)33-24)32-21-8-2-17(3-9-21)14-25(34)31-20-10-6-19(28)7-11-20/h2-13,15-16H,14H2,1H3,(H,31,34)(H2,29,30,32,33). The van der Waals surface area contributed by atoms with Crippen LogP contribution in [0, 0.1) is 5.82 Å². The summed E-state index contributed by atoms with van der Waals surface area (Å²) in [4.78, 5) is 24.4. The number of hydrogen-bond acceptors (Lipinski definition) is 5. The highest BCUT2D eigenvalue weighted by Gasteiger charge is 2.11. The van der Waals surface area contributed by atoms with Crippen molar-refractivity contribution in [2.75, 3.05) is 17.7 Å². The third kappa shape index (κ3) is 5.11. The number of carbonyl (C=O) groups is 1. The van der Waals surface area contributed by atoms with E-state index in [1.165, 1.54) is 30.6 Å². The van der Waals surface area contributed by atoms with Crippen LogP contribution < -0.4 is 15.4 Å². The van der Waals surface area contributed by atoms with E-state index in [0.29, 0.717) is 11.5 Å². The Morgan fingerprint density at radius 3 is 2.37 bits per heavy atom. The van der Waals surface area contributed by atoms with Crippen LogP contribution in [0.3, 0.4) is 0 Å². The molecule has 3 N–H and O–H groups in total. The first-order chi connectivity index (χ1) is 17.1. The van der Waals surface area contributed by atoms with Gasteiger partial charge in [0.05, 0.1) is 18.9 Å². The minimum absolute atomic E-state index is 0.173. The number of aromatic nitrogens is 3. The summed E-state index contributed by atoms with van der Waals surface area (Å²) in [6, 6.07) is 23.0. The maximum atomic E-state index is 13.0. The average molecular weight is 468 g/mol. The Morgan fingerprint density at radius 1 is 0.943 bits per heavy atom. The summed E-state index contributed by atoms with van der Waals surface area (Å²) >= 11 is 0. The van der Waals surface area contributed by atoms with Gasteiger partial charge in [-0.3, -0.25) is 4.79 Å². The lowest BCUT2D eigenvalue weighted by Crippen LogP contribution is -2.14. The summed E-state index contributed by atoms with van der Waals surface area (Å²) in [5.74, 6) is 0.952. The molecule has 7 nitrogen and oxygen atoms in total. The van der Waals surface area contributed by atoms with Crippen LogP contribution in [0.5, 0.6) is 5.75 Å². The van der Waals surface area contributed by atoms with Gasteiger partial charge in [-0.05, 0) is 77.9 Å². The molecule has 3 aromatic carbocycles. The number of rotatable bonds is 7. The number of ether oxygens (including phenoxy) is 1. The molecule has 0 aliphatic heterocycles. The summed E-state index contributed by atoms with van der Waals surface area (Å²) < 4.78 is 18.3. The van der Waals surface area contributed by atoms with E-state index in [-0.39, 0.29) is 18.1 Å². The highest BCUT2D eigenvalue weighted by Crippen LogP contribution is 2.29. The van der Waals surface area contributed by atoms with Crippen LogP contribution in [0.1, 0.15) is 5.56 Å². The Kier molecular flexibility index (Phi) is 6.09. The third-order valence-corrected chi connectivity index (χ3v) is 5.54. The van der Waals surface area contributed by atoms with Gasteiger partial charge in [0.2, 0.25) is 5.91 Å². The molecule has 0 atom stereocenters. The van der Waals surface area contributed by atoms with Crippen molar-refractivity contribution >= 4 is 34.1 Å². The molecule has 1 amide bonds. The monoisotopic (exact) mass is 467 g/mol. The predicted octanol–water partition coefficient (Wildman–Crippen LogP) is 5.70. The normalized spacial score (nSPS) is 10.8. The van der Waals surface area contributed by atoms with Crippen molar-refractivity contribution in [1.82, 2.24) is 15.0 Å². The highest BCUT2D eigenvalue weighted by atomic mass is 19.1. The maximum absolute atomic E-state index is 13.0. The molecule has 0 spiro atoms. The Balaban J connectivity index is 1.28. The fourth-order valence-corrected chi connectivity index (χ4v) is 3.73. The predicted molar refractivity (Wildman–Crippen MR) is 134 cm³/mol. The number of benzene rings is 3. The summed E-state index contributed by atoms with van der Waals surface area (Å²) in [6.45, 7) is 0. The van der Waals surface area contributed by atoms with Crippen LogP contribution >= 0.6 is 0 Å². The molecular formula is C27H22FN5O2. The average Bonchev–Trinajstić information content (AvgIpc) is 3.32. The van der Waals surface area contributed by atoms with E-state index in [1.807, 2.05) is 54.6 Å². The number of methoxy groups -OCH3 is 1. The SMILES string of the molecule is COc1ccc(-c2cc3c(Nc4ccc(CC(=O)Nc5ccc(F)cc5)cc4)ncnc3[nH]2)cc1. The molecule has 0 saturated carbocycles. The van der Waals surface area contributed by atoms with Crippen molar-refractivity contribution in [2.45, 2.75) is 6.42 Å². The van der Waals surface area contributed by atoms with Gasteiger partial charge in [-0.25, -0.2) is 14.4 Å². The number of hydrogen-bond donors (Lipinski definition) is 3. The van der Waals surface area contributed by atoms with Crippen molar-refractivity contribution in [3.05, 3.63) is 96.6 Å². The second kappa shape index (κ2) is 9.64. The topological polar surface area (TPSA) is 91.9 Å². The van der Waals surface area contributed by atoms with E-state index in [0.717, 1.165) is 39.3 Å². The number of carbonyl (C=O) groups excluding carboxylic acids is 1. The van der Waals surface area contributed by atoms with Crippen molar-refractivity contribution in [3.63, 3.8) is 0 Å². The number of H-pyrrole nitrogens is 1. The number of halogens is 1. The molecule has 8 heteroatoms. The molecule has 0 radical (unpaired) electrons. The smallest absolute Gasteiger partial charge is 0.228 e. The van der Waals surface area contributed by atoms with Crippen LogP contribution in [-0.4, -0.2) is 28.0 Å². The zero-order valence-corrected chi connectivity index (χ0v) is 18.9. The molecule has 2 heterocycles. The van der Waals surface area contributed by atoms with E-state index >= 15 is 0 Å². The molecule has 5 rings (SSSR count). The fraction of sp³-hybridized carbons (Fsp3) is 0.0741. The van der Waals surface area contributed by atoms with Gasteiger partial charge in [0.1, 0.15) is 29.4 Å². The Labute approximate surface area is 201 Å². The van der Waals surface area contributed by atoms with E-state index in [2.05, 4.69) is 25.6 Å². The van der Waals surface area contributed by atoms with Gasteiger partial charge in [0.25, 0.3) is 0 Å². The maximum Gasteiger partial charge on any atom is 0.228 e. The van der Waals surface area contributed by atoms with Crippen LogP contribution in [0.25, 0.3) is 22.3 Å². The van der Waals surface area contributed by atoms with E-state index in [1.54, 1.807) is 7.11 Å². The third-order valence-electron chi connectivity index (χ3n) is 5.54. The molecule has 0 aliphatic rings. The molecular weight excluding hydrogens is 445 g/mol. The molecule has 0 saturated heterocycles. The number of nitrogens with zero attached hydrogens (tertiary/aromatic N) is 2. The zero-order valence-electron chi connectivity index (χ0n) is 18.9. The zero-order chi connectivity index (χ0) is 24.2. The minimum Gasteiger partial charge on any atom is -0.497 e. The van der Waals surface area contributed by atoms with Crippen LogP contribution in [0.2, 0.25) is 0 Å². The number of amides is 1. The second-order valence-corrected chi connectivity index (χ2v) is 7.95. The quantitative estimate of drug-likeness (QED) is 0.286. The van der Waals surface area contributed by atoms with Gasteiger partial charge < -0.3 is 20.4 Å². The van der Waals surface area contributed by atoms with Crippen LogP contribution in [-0.2, 0) is 11.2 Å². The largest absolute Gasteiger partial charge is 0.497 e. The Hall–Kier alpha value is -4.72. The lowest BCUT2D eigenvalue weighted by Gasteiger charge is -2.08. The number of aromatic amines is 1. The summed E-state index contributed by atoms with van der Waals surface area (Å²) in [7, 11) is 1.64. The first kappa shape index (κ1) is 22.1. The van der Waals surface area contributed by atoms with Crippen LogP contribution in [0.4, 0.5) is 21.6 Å². The van der Waals surface area contributed by atoms with Gasteiger partial charge >= 0.3 is 0 Å². The number of nitrogens with one attached hydrogen (secondary N) is 3. The van der Waals surface area contributed by atoms with Crippen molar-refractivity contribution in [2.24, 2.45) is 0 Å². The lowest BCUT2D eigenvalue weighted by atomic mass is 10.1. The molecule has 2 aromatic heterocycles. The van der Waals surface area contributed by atoms with Crippen molar-refractivity contribution in [1.29, 1.82) is 0 Å². The molecule has 5 aromatic rings. The van der Waals surface area contributed by atoms with E-state index in [4.69, 9.17) is 4.74 Å². The van der Waals surface area contributed by atoms with Gasteiger partial charge in [-0.15, -0.1) is 0 Å².